The number of rotatable bonds is 2. The van der Waals surface area contributed by atoms with Crippen LogP contribution in [-0.2, 0) is 7.05 Å². The molecule has 1 rings (SSSR count). The van der Waals surface area contributed by atoms with Crippen LogP contribution in [0, 0.1) is 0 Å². The number of thioether (sulfide) groups is 1. The monoisotopic (exact) mass is 256 g/mol. The van der Waals surface area contributed by atoms with Crippen molar-refractivity contribution in [2.75, 3.05) is 3.76 Å². The highest BCUT2D eigenvalue weighted by Crippen LogP contribution is 2.12. The highest BCUT2D eigenvalue weighted by molar-refractivity contribution is 14.1. The first-order valence-corrected chi connectivity index (χ1v) is 4.77. The Labute approximate surface area is 70.5 Å². The molecule has 9 heavy (non-hydrogen) atoms. The number of halogens is 1. The van der Waals surface area contributed by atoms with E-state index in [-0.39, 0.29) is 0 Å². The van der Waals surface area contributed by atoms with Gasteiger partial charge in [0.15, 0.2) is 0 Å². The molecule has 0 atom stereocenters. The molecule has 6 heteroatoms. The molecule has 0 bridgehead atoms. The van der Waals surface area contributed by atoms with E-state index >= 15 is 0 Å². The minimum Gasteiger partial charge on any atom is -0.166 e. The fourth-order valence-electron chi connectivity index (χ4n) is 0.373. The van der Waals surface area contributed by atoms with E-state index in [1.807, 2.05) is 0 Å². The summed E-state index contributed by atoms with van der Waals surface area (Å²) in [6.45, 7) is 0. The van der Waals surface area contributed by atoms with Gasteiger partial charge in [-0.1, -0.05) is 34.4 Å². The largest absolute Gasteiger partial charge is 0.231 e. The Morgan fingerprint density at radius 2 is 2.56 bits per heavy atom. The average Bonchev–Trinajstić information content (AvgIpc) is 2.17. The van der Waals surface area contributed by atoms with Crippen LogP contribution in [0.15, 0.2) is 5.16 Å². The Morgan fingerprint density at radius 3 is 3.00 bits per heavy atom. The van der Waals surface area contributed by atoms with Gasteiger partial charge in [0.2, 0.25) is 5.16 Å². The molecule has 4 nitrogen and oxygen atoms in total. The normalized spacial score (nSPS) is 10.0. The van der Waals surface area contributed by atoms with Gasteiger partial charge >= 0.3 is 0 Å². The van der Waals surface area contributed by atoms with Crippen molar-refractivity contribution in [1.82, 2.24) is 20.2 Å². The van der Waals surface area contributed by atoms with Crippen LogP contribution in [0.2, 0.25) is 0 Å². The van der Waals surface area contributed by atoms with Gasteiger partial charge in [-0.25, -0.2) is 0 Å². The molecule has 50 valence electrons. The number of alkyl halides is 1. The fraction of sp³-hybridized carbons (Fsp3) is 0.667. The van der Waals surface area contributed by atoms with Gasteiger partial charge in [-0.3, -0.25) is 0 Å². The lowest BCUT2D eigenvalue weighted by atomic mass is 11.4. The van der Waals surface area contributed by atoms with Gasteiger partial charge in [0.1, 0.15) is 0 Å². The SMILES string of the molecule is Cn1nnc(SCI)n1. The molecule has 0 aliphatic carbocycles. The van der Waals surface area contributed by atoms with Gasteiger partial charge in [-0.05, 0) is 5.21 Å². The molecule has 0 saturated heterocycles. The Morgan fingerprint density at radius 1 is 1.78 bits per heavy atom. The van der Waals surface area contributed by atoms with Crippen molar-refractivity contribution < 1.29 is 0 Å². The Hall–Kier alpha value is 0.150. The molecule has 0 aliphatic rings. The van der Waals surface area contributed by atoms with Crippen LogP contribution >= 0.6 is 34.4 Å². The summed E-state index contributed by atoms with van der Waals surface area (Å²) in [7, 11) is 1.75. The topological polar surface area (TPSA) is 43.6 Å². The molecule has 0 aliphatic heterocycles. The van der Waals surface area contributed by atoms with Crippen LogP contribution in [0.4, 0.5) is 0 Å². The van der Waals surface area contributed by atoms with Gasteiger partial charge in [0.05, 0.1) is 10.8 Å². The quantitative estimate of drug-likeness (QED) is 0.443. The summed E-state index contributed by atoms with van der Waals surface area (Å²) < 4.78 is 0.962. The van der Waals surface area contributed by atoms with Crippen LogP contribution in [0.5, 0.6) is 0 Å². The molecule has 0 spiro atoms. The fourth-order valence-corrected chi connectivity index (χ4v) is 1.58. The van der Waals surface area contributed by atoms with E-state index in [4.69, 9.17) is 0 Å². The lowest BCUT2D eigenvalue weighted by Gasteiger charge is -1.81. The molecule has 0 amide bonds. The molecule has 0 fully saturated rings. The molecule has 0 N–H and O–H groups in total. The van der Waals surface area contributed by atoms with Crippen molar-refractivity contribution in [2.45, 2.75) is 5.16 Å². The highest BCUT2D eigenvalue weighted by atomic mass is 127. The molecule has 1 heterocycles. The van der Waals surface area contributed by atoms with Crippen LogP contribution in [0.25, 0.3) is 0 Å². The number of tetrazole rings is 1. The summed E-state index contributed by atoms with van der Waals surface area (Å²) in [5.74, 6) is 0. The lowest BCUT2D eigenvalue weighted by Crippen LogP contribution is -1.91. The number of aromatic nitrogens is 4. The minimum absolute atomic E-state index is 0.743. The summed E-state index contributed by atoms with van der Waals surface area (Å²) in [6.07, 6.45) is 0. The second kappa shape index (κ2) is 3.35. The van der Waals surface area contributed by atoms with Gasteiger partial charge in [-0.2, -0.15) is 4.80 Å². The van der Waals surface area contributed by atoms with Gasteiger partial charge in [0, 0.05) is 0 Å². The van der Waals surface area contributed by atoms with Gasteiger partial charge < -0.3 is 0 Å². The van der Waals surface area contributed by atoms with E-state index in [1.165, 1.54) is 4.80 Å². The van der Waals surface area contributed by atoms with Gasteiger partial charge in [0.25, 0.3) is 0 Å². The number of aryl methyl sites for hydroxylation is 1. The zero-order chi connectivity index (χ0) is 6.69. The molecular formula is C3H5IN4S. The van der Waals surface area contributed by atoms with Crippen molar-refractivity contribution in [2.24, 2.45) is 7.05 Å². The zero-order valence-electron chi connectivity index (χ0n) is 4.78. The minimum atomic E-state index is 0.743. The predicted molar refractivity (Wildman–Crippen MR) is 43.5 cm³/mol. The van der Waals surface area contributed by atoms with E-state index in [2.05, 4.69) is 38.0 Å². The van der Waals surface area contributed by atoms with Crippen molar-refractivity contribution in [3.63, 3.8) is 0 Å². The van der Waals surface area contributed by atoms with E-state index < -0.39 is 0 Å². The lowest BCUT2D eigenvalue weighted by molar-refractivity contribution is 0.626. The predicted octanol–water partition coefficient (Wildman–Crippen LogP) is 0.695. The summed E-state index contributed by atoms with van der Waals surface area (Å²) in [6, 6.07) is 0. The van der Waals surface area contributed by atoms with Crippen molar-refractivity contribution in [1.29, 1.82) is 0 Å². The van der Waals surface area contributed by atoms with E-state index in [9.17, 15) is 0 Å². The average molecular weight is 256 g/mol. The van der Waals surface area contributed by atoms with E-state index in [0.717, 1.165) is 8.92 Å². The van der Waals surface area contributed by atoms with Crippen LogP contribution in [0.1, 0.15) is 0 Å². The zero-order valence-corrected chi connectivity index (χ0v) is 7.76. The summed E-state index contributed by atoms with van der Waals surface area (Å²) in [5.41, 5.74) is 0. The van der Waals surface area contributed by atoms with Crippen LogP contribution in [-0.4, -0.2) is 24.0 Å². The van der Waals surface area contributed by atoms with Gasteiger partial charge in [-0.15, -0.1) is 10.2 Å². The first-order valence-electron chi connectivity index (χ1n) is 2.25. The molecule has 0 saturated carbocycles. The Balaban J connectivity index is 2.61. The maximum atomic E-state index is 3.95. The number of nitrogens with zero attached hydrogens (tertiary/aromatic N) is 4. The van der Waals surface area contributed by atoms with Crippen molar-refractivity contribution in [3.05, 3.63) is 0 Å². The first-order chi connectivity index (χ1) is 4.33. The van der Waals surface area contributed by atoms with Crippen molar-refractivity contribution in [3.8, 4) is 0 Å². The molecule has 0 radical (unpaired) electrons. The third kappa shape index (κ3) is 2.09. The van der Waals surface area contributed by atoms with Crippen LogP contribution < -0.4 is 0 Å². The smallest absolute Gasteiger partial charge is 0.166 e. The number of hydrogen-bond acceptors (Lipinski definition) is 4. The molecular weight excluding hydrogens is 251 g/mol. The standard InChI is InChI=1S/C3H5IN4S/c1-8-6-3(5-7-8)9-2-4/h2H2,1H3. The van der Waals surface area contributed by atoms with Crippen molar-refractivity contribution >= 4 is 34.4 Å². The Bertz CT molecular complexity index is 188. The maximum Gasteiger partial charge on any atom is 0.231 e. The van der Waals surface area contributed by atoms with E-state index in [0.29, 0.717) is 0 Å². The molecule has 0 aromatic carbocycles. The molecule has 1 aromatic rings. The summed E-state index contributed by atoms with van der Waals surface area (Å²) >= 11 is 3.82. The second-order valence-electron chi connectivity index (χ2n) is 1.31. The third-order valence-corrected chi connectivity index (χ3v) is 2.14. The summed E-state index contributed by atoms with van der Waals surface area (Å²) in [5, 5.41) is 12.1. The molecule has 1 aromatic heterocycles. The third-order valence-electron chi connectivity index (χ3n) is 0.674. The van der Waals surface area contributed by atoms with Crippen LogP contribution in [0.3, 0.4) is 0 Å². The Kier molecular flexibility index (Phi) is 2.70. The van der Waals surface area contributed by atoms with E-state index in [1.54, 1.807) is 18.8 Å². The second-order valence-corrected chi connectivity index (χ2v) is 4.06. The highest BCUT2D eigenvalue weighted by Gasteiger charge is 1.96. The number of hydrogen-bond donors (Lipinski definition) is 0. The molecule has 0 unspecified atom stereocenters. The summed E-state index contributed by atoms with van der Waals surface area (Å²) in [4.78, 5) is 1.45. The first kappa shape index (κ1) is 7.26. The maximum absolute atomic E-state index is 3.95.